The molecule has 8 heteroatoms. The van der Waals surface area contributed by atoms with Gasteiger partial charge in [0.15, 0.2) is 0 Å². The first-order valence-electron chi connectivity index (χ1n) is 19.1. The van der Waals surface area contributed by atoms with Gasteiger partial charge in [-0.05, 0) is 60.0 Å². The van der Waals surface area contributed by atoms with Crippen molar-refractivity contribution in [1.82, 2.24) is 32.5 Å². The molecule has 0 N–H and O–H groups in total. The van der Waals surface area contributed by atoms with E-state index in [1.54, 1.807) is 0 Å². The summed E-state index contributed by atoms with van der Waals surface area (Å²) in [4.78, 5) is 10.4. The third-order valence-electron chi connectivity index (χ3n) is 11.5. The zero-order valence-corrected chi connectivity index (χ0v) is 33.0. The molecule has 0 atom stereocenters. The second-order valence-electron chi connectivity index (χ2n) is 14.6. The van der Waals surface area contributed by atoms with Crippen LogP contribution in [0.4, 0.5) is 0 Å². The fourth-order valence-electron chi connectivity index (χ4n) is 9.06. The van der Waals surface area contributed by atoms with Gasteiger partial charge >= 0.3 is 21.1 Å². The summed E-state index contributed by atoms with van der Waals surface area (Å²) in [5.74, 6) is 1.70. The fourth-order valence-corrected chi connectivity index (χ4v) is 9.06. The van der Waals surface area contributed by atoms with Crippen LogP contribution < -0.4 is 0 Å². The van der Waals surface area contributed by atoms with Crippen LogP contribution in [0.25, 0.3) is 106 Å². The molecule has 5 aromatic heterocycles. The van der Waals surface area contributed by atoms with Gasteiger partial charge in [-0.3, -0.25) is 8.80 Å². The number of nitrogens with zero attached hydrogens (tertiary/aromatic N) is 7. The van der Waals surface area contributed by atoms with E-state index in [-0.39, 0.29) is 21.1 Å². The Morgan fingerprint density at radius 3 is 1.53 bits per heavy atom. The van der Waals surface area contributed by atoms with E-state index in [2.05, 4.69) is 198 Å². The van der Waals surface area contributed by atoms with Gasteiger partial charge in [0.25, 0.3) is 0 Å². The van der Waals surface area contributed by atoms with Gasteiger partial charge in [0, 0.05) is 5.52 Å². The van der Waals surface area contributed by atoms with E-state index >= 15 is 0 Å². The molecule has 0 bridgehead atoms. The summed E-state index contributed by atoms with van der Waals surface area (Å²) in [6, 6.07) is 69.6. The average molecular weight is 923 g/mol. The molecule has 8 aromatic carbocycles. The van der Waals surface area contributed by atoms with E-state index in [0.717, 1.165) is 106 Å². The SMILES string of the molecule is [Pt+2].[c-]1c(-n2c3[c-]c(-n4c5ccccc5n5c6ccccc6nc45)c(-c4ccccc4)cc3c3ccccc32)cccc1-n1c2ccccc2n2c3ccccc3nc12. The van der Waals surface area contributed by atoms with Gasteiger partial charge in [0.05, 0.1) is 44.1 Å². The zero-order chi connectivity index (χ0) is 37.2. The molecular weight excluding hydrogens is 894 g/mol. The van der Waals surface area contributed by atoms with Gasteiger partial charge in [-0.15, -0.1) is 35.2 Å². The summed E-state index contributed by atoms with van der Waals surface area (Å²) >= 11 is 0. The monoisotopic (exact) mass is 922 g/mol. The van der Waals surface area contributed by atoms with Crippen molar-refractivity contribution in [3.8, 4) is 28.2 Å². The summed E-state index contributed by atoms with van der Waals surface area (Å²) in [6.45, 7) is 0. The number of benzene rings is 8. The maximum Gasteiger partial charge on any atom is 2.00 e. The van der Waals surface area contributed by atoms with Gasteiger partial charge in [-0.1, -0.05) is 125 Å². The molecule has 58 heavy (non-hydrogen) atoms. The van der Waals surface area contributed by atoms with Crippen LogP contribution in [0, 0.1) is 12.1 Å². The van der Waals surface area contributed by atoms with E-state index in [9.17, 15) is 0 Å². The Balaban J connectivity index is 0.00000366. The second kappa shape index (κ2) is 12.4. The Kier molecular flexibility index (Phi) is 7.05. The number of aromatic nitrogens is 7. The van der Waals surface area contributed by atoms with Crippen molar-refractivity contribution in [1.29, 1.82) is 0 Å². The summed E-state index contributed by atoms with van der Waals surface area (Å²) < 4.78 is 11.3. The number of para-hydroxylation sites is 9. The van der Waals surface area contributed by atoms with Gasteiger partial charge < -0.3 is 13.7 Å². The molecule has 5 heterocycles. The van der Waals surface area contributed by atoms with Gasteiger partial charge in [0.1, 0.15) is 0 Å². The van der Waals surface area contributed by atoms with Crippen molar-refractivity contribution in [3.05, 3.63) is 188 Å². The Morgan fingerprint density at radius 2 is 0.879 bits per heavy atom. The van der Waals surface area contributed by atoms with Crippen LogP contribution in [0.2, 0.25) is 0 Å². The molecule has 0 saturated carbocycles. The number of hydrogen-bond donors (Lipinski definition) is 0. The van der Waals surface area contributed by atoms with Gasteiger partial charge in [-0.2, -0.15) is 12.1 Å². The molecule has 0 aliphatic carbocycles. The van der Waals surface area contributed by atoms with Crippen LogP contribution in [0.3, 0.4) is 0 Å². The standard InChI is InChI=1S/C50H29N7.Pt/c1-2-15-32(16-3-1)36-30-37-35-19-4-7-22-40(35)53(48(37)31-47(36)57-46-28-13-12-27-45(46)56-42-24-9-6-21-39(42)52-50(56)57)33-17-14-18-34(29-33)54-43-25-10-11-26-44(43)55-41-23-8-5-20-38(41)51-49(54)55;/h1-28,30H;/q-2;+2. The van der Waals surface area contributed by atoms with E-state index in [4.69, 9.17) is 9.97 Å². The number of hydrogen-bond acceptors (Lipinski definition) is 2. The molecular formula is C50H29N7Pt. The number of fused-ring (bicyclic) bond motifs is 13. The molecule has 0 unspecified atom stereocenters. The molecule has 0 saturated heterocycles. The molecule has 0 fully saturated rings. The molecule has 0 aliphatic rings. The van der Waals surface area contributed by atoms with Gasteiger partial charge in [-0.25, -0.2) is 9.97 Å². The summed E-state index contributed by atoms with van der Waals surface area (Å²) in [6.07, 6.45) is 0. The smallest absolute Gasteiger partial charge is 0.358 e. The Bertz CT molecular complexity index is 3770. The first kappa shape index (κ1) is 33.0. The molecule has 274 valence electrons. The van der Waals surface area contributed by atoms with Crippen LogP contribution in [-0.4, -0.2) is 32.5 Å². The summed E-state index contributed by atoms with van der Waals surface area (Å²) in [5, 5.41) is 2.26. The first-order valence-corrected chi connectivity index (χ1v) is 19.1. The predicted molar refractivity (Wildman–Crippen MR) is 230 cm³/mol. The molecule has 13 rings (SSSR count). The third kappa shape index (κ3) is 4.48. The maximum atomic E-state index is 5.25. The largest absolute Gasteiger partial charge is 2.00 e. The third-order valence-corrected chi connectivity index (χ3v) is 11.5. The van der Waals surface area contributed by atoms with Crippen LogP contribution in [0.5, 0.6) is 0 Å². The van der Waals surface area contributed by atoms with E-state index < -0.39 is 0 Å². The van der Waals surface area contributed by atoms with Crippen molar-refractivity contribution >= 4 is 77.5 Å². The predicted octanol–water partition coefficient (Wildman–Crippen LogP) is 11.5. The number of imidazole rings is 4. The van der Waals surface area contributed by atoms with E-state index in [1.807, 2.05) is 12.1 Å². The van der Waals surface area contributed by atoms with Crippen LogP contribution in [0.1, 0.15) is 0 Å². The maximum absolute atomic E-state index is 5.25. The fraction of sp³-hybridized carbons (Fsp3) is 0. The normalized spacial score (nSPS) is 12.0. The minimum atomic E-state index is 0. The minimum Gasteiger partial charge on any atom is -0.358 e. The first-order chi connectivity index (χ1) is 28.3. The van der Waals surface area contributed by atoms with Crippen LogP contribution in [0.15, 0.2) is 176 Å². The second-order valence-corrected chi connectivity index (χ2v) is 14.6. The molecule has 0 spiro atoms. The van der Waals surface area contributed by atoms with Crippen molar-refractivity contribution in [2.24, 2.45) is 0 Å². The van der Waals surface area contributed by atoms with Crippen molar-refractivity contribution < 1.29 is 21.1 Å². The molecule has 0 aliphatic heterocycles. The topological polar surface area (TPSA) is 49.4 Å². The molecule has 0 radical (unpaired) electrons. The van der Waals surface area contributed by atoms with Crippen LogP contribution in [-0.2, 0) is 21.1 Å². The molecule has 0 amide bonds. The molecule has 7 nitrogen and oxygen atoms in total. The van der Waals surface area contributed by atoms with Crippen LogP contribution >= 0.6 is 0 Å². The Morgan fingerprint density at radius 1 is 0.379 bits per heavy atom. The van der Waals surface area contributed by atoms with E-state index in [0.29, 0.717) is 0 Å². The van der Waals surface area contributed by atoms with Gasteiger partial charge in [0.2, 0.25) is 11.6 Å². The van der Waals surface area contributed by atoms with E-state index in [1.165, 1.54) is 0 Å². The van der Waals surface area contributed by atoms with Crippen molar-refractivity contribution in [3.63, 3.8) is 0 Å². The van der Waals surface area contributed by atoms with Crippen molar-refractivity contribution in [2.45, 2.75) is 0 Å². The number of rotatable bonds is 4. The Hall–Kier alpha value is -7.21. The zero-order valence-electron chi connectivity index (χ0n) is 30.7. The molecule has 13 aromatic rings. The quantitative estimate of drug-likeness (QED) is 0.165. The minimum absolute atomic E-state index is 0. The van der Waals surface area contributed by atoms with Crippen molar-refractivity contribution in [2.75, 3.05) is 0 Å². The average Bonchev–Trinajstić information content (AvgIpc) is 4.06. The Labute approximate surface area is 345 Å². The summed E-state index contributed by atoms with van der Waals surface area (Å²) in [7, 11) is 0. The summed E-state index contributed by atoms with van der Waals surface area (Å²) in [5.41, 5.74) is 15.3.